The molecule has 9 heteroatoms. The quantitative estimate of drug-likeness (QED) is 0.674. The van der Waals surface area contributed by atoms with E-state index in [4.69, 9.17) is 4.74 Å². The lowest BCUT2D eigenvalue weighted by Crippen LogP contribution is -2.33. The summed E-state index contributed by atoms with van der Waals surface area (Å²) in [7, 11) is 0. The van der Waals surface area contributed by atoms with Crippen LogP contribution in [0.15, 0.2) is 60.9 Å². The highest BCUT2D eigenvalue weighted by atomic mass is 19.4. The molecule has 6 nitrogen and oxygen atoms in total. The molecule has 0 spiro atoms. The molecule has 0 radical (unpaired) electrons. The zero-order valence-electron chi connectivity index (χ0n) is 15.7. The van der Waals surface area contributed by atoms with Gasteiger partial charge in [-0.2, -0.15) is 13.2 Å². The molecule has 2 amide bonds. The minimum atomic E-state index is -4.41. The first-order valence-corrected chi connectivity index (χ1v) is 9.17. The van der Waals surface area contributed by atoms with E-state index in [2.05, 4.69) is 15.3 Å². The van der Waals surface area contributed by atoms with Crippen LogP contribution in [-0.4, -0.2) is 22.5 Å². The average Bonchev–Trinajstić information content (AvgIpc) is 3.17. The van der Waals surface area contributed by atoms with E-state index in [0.717, 1.165) is 17.8 Å². The summed E-state index contributed by atoms with van der Waals surface area (Å²) in [6, 6.07) is 11.7. The van der Waals surface area contributed by atoms with Crippen LogP contribution in [0.25, 0.3) is 0 Å². The van der Waals surface area contributed by atoms with E-state index in [1.165, 1.54) is 17.2 Å². The third-order valence-corrected chi connectivity index (χ3v) is 4.63. The summed E-state index contributed by atoms with van der Waals surface area (Å²) in [6.45, 7) is 0.575. The van der Waals surface area contributed by atoms with Gasteiger partial charge in [-0.3, -0.25) is 9.88 Å². The van der Waals surface area contributed by atoms with E-state index in [9.17, 15) is 18.0 Å². The van der Waals surface area contributed by atoms with Gasteiger partial charge in [-0.15, -0.1) is 0 Å². The topological polar surface area (TPSA) is 67.3 Å². The second-order valence-electron chi connectivity index (χ2n) is 6.67. The second-order valence-corrected chi connectivity index (χ2v) is 6.67. The van der Waals surface area contributed by atoms with Crippen LogP contribution < -0.4 is 15.0 Å². The van der Waals surface area contributed by atoms with Gasteiger partial charge in [0.1, 0.15) is 6.61 Å². The highest BCUT2D eigenvalue weighted by Crippen LogP contribution is 2.35. The normalized spacial score (nSPS) is 13.1. The highest BCUT2D eigenvalue weighted by Gasteiger charge is 2.33. The molecule has 0 saturated carbocycles. The number of halogens is 3. The first kappa shape index (κ1) is 19.7. The Kier molecular flexibility index (Phi) is 5.26. The predicted octanol–water partition coefficient (Wildman–Crippen LogP) is 4.67. The Hall–Kier alpha value is -3.62. The van der Waals surface area contributed by atoms with Crippen LogP contribution in [-0.2, 0) is 19.2 Å². The van der Waals surface area contributed by atoms with Crippen molar-refractivity contribution < 1.29 is 22.7 Å². The Morgan fingerprint density at radius 2 is 2.00 bits per heavy atom. The Morgan fingerprint density at radius 1 is 1.13 bits per heavy atom. The number of pyridine rings is 2. The van der Waals surface area contributed by atoms with Crippen LogP contribution in [0.4, 0.5) is 29.3 Å². The van der Waals surface area contributed by atoms with Crippen molar-refractivity contribution in [2.45, 2.75) is 19.2 Å². The molecule has 2 aromatic heterocycles. The molecule has 1 aliphatic rings. The van der Waals surface area contributed by atoms with Crippen LogP contribution in [0.5, 0.6) is 5.88 Å². The number of hydrogen-bond acceptors (Lipinski definition) is 4. The summed E-state index contributed by atoms with van der Waals surface area (Å²) in [4.78, 5) is 22.3. The van der Waals surface area contributed by atoms with Gasteiger partial charge in [-0.05, 0) is 48.4 Å². The molecule has 0 atom stereocenters. The lowest BCUT2D eigenvalue weighted by molar-refractivity contribution is -0.137. The predicted molar refractivity (Wildman–Crippen MR) is 104 cm³/mol. The maximum absolute atomic E-state index is 12.9. The SMILES string of the molecule is O=C(Nc1ccc(OCc2ccccn2)nc1)N1CCc2cc(C(F)(F)F)ccc21. The van der Waals surface area contributed by atoms with Gasteiger partial charge in [-0.25, -0.2) is 9.78 Å². The van der Waals surface area contributed by atoms with Crippen molar-refractivity contribution in [1.29, 1.82) is 0 Å². The summed E-state index contributed by atoms with van der Waals surface area (Å²) in [5.41, 5.74) is 1.47. The minimum absolute atomic E-state index is 0.268. The first-order chi connectivity index (χ1) is 14.4. The van der Waals surface area contributed by atoms with Crippen molar-refractivity contribution >= 4 is 17.4 Å². The Labute approximate surface area is 170 Å². The zero-order valence-corrected chi connectivity index (χ0v) is 15.7. The van der Waals surface area contributed by atoms with Crippen molar-refractivity contribution in [1.82, 2.24) is 9.97 Å². The number of carbonyl (C=O) groups is 1. The van der Waals surface area contributed by atoms with E-state index in [0.29, 0.717) is 35.8 Å². The van der Waals surface area contributed by atoms with Crippen LogP contribution >= 0.6 is 0 Å². The fourth-order valence-electron chi connectivity index (χ4n) is 3.15. The van der Waals surface area contributed by atoms with Gasteiger partial charge in [0.25, 0.3) is 0 Å². The number of amides is 2. The molecule has 3 aromatic rings. The molecule has 1 aromatic carbocycles. The number of urea groups is 1. The summed E-state index contributed by atoms with van der Waals surface area (Å²) in [5.74, 6) is 0.379. The Balaban J connectivity index is 1.38. The first-order valence-electron chi connectivity index (χ1n) is 9.17. The van der Waals surface area contributed by atoms with Crippen LogP contribution in [0, 0.1) is 0 Å². The summed E-state index contributed by atoms with van der Waals surface area (Å²) in [5, 5.41) is 2.70. The van der Waals surface area contributed by atoms with Crippen molar-refractivity contribution in [3.63, 3.8) is 0 Å². The van der Waals surface area contributed by atoms with E-state index in [1.54, 1.807) is 18.3 Å². The van der Waals surface area contributed by atoms with Crippen molar-refractivity contribution in [2.24, 2.45) is 0 Å². The molecule has 3 heterocycles. The standard InChI is InChI=1S/C21H17F3N4O2/c22-21(23,24)15-4-6-18-14(11-15)8-10-28(18)20(29)27-16-5-7-19(26-12-16)30-13-17-3-1-2-9-25-17/h1-7,9,11-12H,8,10,13H2,(H,27,29). The summed E-state index contributed by atoms with van der Waals surface area (Å²) in [6.07, 6.45) is -0.914. The Bertz CT molecular complexity index is 1040. The van der Waals surface area contributed by atoms with Crippen molar-refractivity contribution in [2.75, 3.05) is 16.8 Å². The highest BCUT2D eigenvalue weighted by molar-refractivity contribution is 6.03. The lowest BCUT2D eigenvalue weighted by Gasteiger charge is -2.18. The molecule has 0 unspecified atom stereocenters. The number of rotatable bonds is 4. The maximum atomic E-state index is 12.9. The van der Waals surface area contributed by atoms with Crippen molar-refractivity contribution in [3.8, 4) is 5.88 Å². The molecular formula is C21H17F3N4O2. The van der Waals surface area contributed by atoms with Gasteiger partial charge in [0.05, 0.1) is 23.1 Å². The van der Waals surface area contributed by atoms with E-state index in [-0.39, 0.29) is 6.61 Å². The fourth-order valence-corrected chi connectivity index (χ4v) is 3.15. The monoisotopic (exact) mass is 414 g/mol. The Morgan fingerprint density at radius 3 is 2.70 bits per heavy atom. The van der Waals surface area contributed by atoms with Gasteiger partial charge in [0.15, 0.2) is 0 Å². The van der Waals surface area contributed by atoms with Gasteiger partial charge >= 0.3 is 12.2 Å². The van der Waals surface area contributed by atoms with Gasteiger partial charge in [0.2, 0.25) is 5.88 Å². The summed E-state index contributed by atoms with van der Waals surface area (Å²) < 4.78 is 44.2. The van der Waals surface area contributed by atoms with Gasteiger partial charge in [0, 0.05) is 24.5 Å². The van der Waals surface area contributed by atoms with Gasteiger partial charge < -0.3 is 10.1 Å². The molecular weight excluding hydrogens is 397 g/mol. The largest absolute Gasteiger partial charge is 0.471 e. The molecule has 1 N–H and O–H groups in total. The maximum Gasteiger partial charge on any atom is 0.416 e. The number of nitrogens with zero attached hydrogens (tertiary/aromatic N) is 3. The molecule has 0 fully saturated rings. The number of alkyl halides is 3. The molecule has 154 valence electrons. The van der Waals surface area contributed by atoms with Crippen molar-refractivity contribution in [3.05, 3.63) is 77.7 Å². The third-order valence-electron chi connectivity index (χ3n) is 4.63. The number of benzene rings is 1. The van der Waals surface area contributed by atoms with Gasteiger partial charge in [-0.1, -0.05) is 6.07 Å². The number of aromatic nitrogens is 2. The van der Waals surface area contributed by atoms with Crippen LogP contribution in [0.3, 0.4) is 0 Å². The molecule has 0 bridgehead atoms. The zero-order chi connectivity index (χ0) is 21.1. The number of carbonyl (C=O) groups excluding carboxylic acids is 1. The fraction of sp³-hybridized carbons (Fsp3) is 0.190. The second kappa shape index (κ2) is 8.02. The van der Waals surface area contributed by atoms with Crippen LogP contribution in [0.2, 0.25) is 0 Å². The molecule has 30 heavy (non-hydrogen) atoms. The lowest BCUT2D eigenvalue weighted by atomic mass is 10.1. The van der Waals surface area contributed by atoms with E-state index < -0.39 is 17.8 Å². The minimum Gasteiger partial charge on any atom is -0.471 e. The number of fused-ring (bicyclic) bond motifs is 1. The third kappa shape index (κ3) is 4.35. The van der Waals surface area contributed by atoms with E-state index >= 15 is 0 Å². The average molecular weight is 414 g/mol. The molecule has 4 rings (SSSR count). The molecule has 1 aliphatic heterocycles. The summed E-state index contributed by atoms with van der Waals surface area (Å²) >= 11 is 0. The number of anilines is 2. The van der Waals surface area contributed by atoms with Crippen LogP contribution in [0.1, 0.15) is 16.8 Å². The number of hydrogen-bond donors (Lipinski definition) is 1. The molecule has 0 aliphatic carbocycles. The number of ether oxygens (including phenoxy) is 1. The molecule has 0 saturated heterocycles. The van der Waals surface area contributed by atoms with E-state index in [1.807, 2.05) is 18.2 Å². The number of nitrogens with one attached hydrogen (secondary N) is 1. The smallest absolute Gasteiger partial charge is 0.416 e.